The van der Waals surface area contributed by atoms with Gasteiger partial charge in [0.25, 0.3) is 0 Å². The molecule has 1 heterocycles. The summed E-state index contributed by atoms with van der Waals surface area (Å²) in [7, 11) is 0. The first kappa shape index (κ1) is 17.4. The van der Waals surface area contributed by atoms with Crippen LogP contribution < -0.4 is 5.32 Å². The summed E-state index contributed by atoms with van der Waals surface area (Å²) in [6.45, 7) is 14.7. The molecule has 0 aromatic heterocycles. The molecule has 1 amide bonds. The van der Waals surface area contributed by atoms with E-state index in [9.17, 15) is 4.79 Å². The van der Waals surface area contributed by atoms with Crippen LogP contribution in [0.15, 0.2) is 0 Å². The van der Waals surface area contributed by atoms with E-state index >= 15 is 0 Å². The molecule has 1 aliphatic rings. The molecule has 0 radical (unpaired) electrons. The number of amides is 1. The summed E-state index contributed by atoms with van der Waals surface area (Å²) in [5.41, 5.74) is 0. The molecule has 4 heteroatoms. The van der Waals surface area contributed by atoms with E-state index < -0.39 is 0 Å². The Morgan fingerprint density at radius 3 is 2.45 bits per heavy atom. The van der Waals surface area contributed by atoms with Crippen molar-refractivity contribution in [1.29, 1.82) is 0 Å². The molecule has 0 aromatic carbocycles. The topological polar surface area (TPSA) is 35.6 Å². The van der Waals surface area contributed by atoms with Crippen molar-refractivity contribution >= 4 is 5.91 Å². The first-order valence-corrected chi connectivity index (χ1v) is 8.30. The minimum absolute atomic E-state index is 0.324. The van der Waals surface area contributed by atoms with E-state index in [-0.39, 0.29) is 0 Å². The van der Waals surface area contributed by atoms with Gasteiger partial charge in [0.1, 0.15) is 0 Å². The van der Waals surface area contributed by atoms with Gasteiger partial charge in [-0.3, -0.25) is 4.79 Å². The number of nitrogens with one attached hydrogen (secondary N) is 1. The number of hydrogen-bond donors (Lipinski definition) is 1. The van der Waals surface area contributed by atoms with E-state index in [1.807, 2.05) is 0 Å². The van der Waals surface area contributed by atoms with E-state index in [4.69, 9.17) is 0 Å². The molecule has 1 aliphatic heterocycles. The quantitative estimate of drug-likeness (QED) is 0.702. The van der Waals surface area contributed by atoms with Gasteiger partial charge in [-0.05, 0) is 38.4 Å². The van der Waals surface area contributed by atoms with Crippen molar-refractivity contribution in [2.45, 2.75) is 53.0 Å². The van der Waals surface area contributed by atoms with Gasteiger partial charge in [-0.1, -0.05) is 27.7 Å². The fourth-order valence-electron chi connectivity index (χ4n) is 2.83. The van der Waals surface area contributed by atoms with Gasteiger partial charge in [-0.15, -0.1) is 0 Å². The van der Waals surface area contributed by atoms with Gasteiger partial charge in [0.15, 0.2) is 0 Å². The van der Waals surface area contributed by atoms with Crippen molar-refractivity contribution in [2.24, 2.45) is 5.92 Å². The first-order valence-electron chi connectivity index (χ1n) is 8.30. The van der Waals surface area contributed by atoms with Crippen molar-refractivity contribution in [3.63, 3.8) is 0 Å². The monoisotopic (exact) mass is 283 g/mol. The summed E-state index contributed by atoms with van der Waals surface area (Å²) in [5.74, 6) is 0.859. The van der Waals surface area contributed by atoms with Gasteiger partial charge < -0.3 is 15.1 Å². The molecule has 20 heavy (non-hydrogen) atoms. The molecule has 1 N–H and O–H groups in total. The molecule has 1 rings (SSSR count). The second-order valence-electron chi connectivity index (χ2n) is 6.26. The van der Waals surface area contributed by atoms with Crippen LogP contribution in [0.2, 0.25) is 0 Å². The largest absolute Gasteiger partial charge is 0.341 e. The van der Waals surface area contributed by atoms with Crippen molar-refractivity contribution in [3.8, 4) is 0 Å². The third kappa shape index (κ3) is 6.23. The summed E-state index contributed by atoms with van der Waals surface area (Å²) in [6, 6.07) is 0.408. The maximum absolute atomic E-state index is 12.5. The molecule has 0 aliphatic carbocycles. The molecule has 1 atom stereocenters. The van der Waals surface area contributed by atoms with E-state index in [2.05, 4.69) is 42.8 Å². The molecule has 0 spiro atoms. The highest BCUT2D eigenvalue weighted by Gasteiger charge is 2.22. The van der Waals surface area contributed by atoms with E-state index in [0.29, 0.717) is 24.3 Å². The lowest BCUT2D eigenvalue weighted by atomic mass is 10.1. The van der Waals surface area contributed by atoms with Gasteiger partial charge in [0.05, 0.1) is 0 Å². The number of nitrogens with zero attached hydrogens (tertiary/aromatic N) is 2. The smallest absolute Gasteiger partial charge is 0.224 e. The molecule has 4 nitrogen and oxygen atoms in total. The Hall–Kier alpha value is -0.610. The van der Waals surface area contributed by atoms with Crippen molar-refractivity contribution < 1.29 is 4.79 Å². The maximum Gasteiger partial charge on any atom is 0.224 e. The molecule has 0 saturated carbocycles. The zero-order valence-corrected chi connectivity index (χ0v) is 13.8. The Kier molecular flexibility index (Phi) is 8.15. The Balaban J connectivity index is 2.46. The number of carbonyl (C=O) groups is 1. The van der Waals surface area contributed by atoms with Gasteiger partial charge in [0, 0.05) is 32.1 Å². The highest BCUT2D eigenvalue weighted by molar-refractivity contribution is 5.76. The average molecular weight is 283 g/mol. The van der Waals surface area contributed by atoms with Crippen LogP contribution in [-0.4, -0.2) is 61.0 Å². The van der Waals surface area contributed by atoms with Gasteiger partial charge in [-0.25, -0.2) is 0 Å². The number of hydrogen-bond acceptors (Lipinski definition) is 3. The summed E-state index contributed by atoms with van der Waals surface area (Å²) >= 11 is 0. The molecular weight excluding hydrogens is 250 g/mol. The molecule has 1 unspecified atom stereocenters. The lowest BCUT2D eigenvalue weighted by Crippen LogP contribution is -2.42. The minimum atomic E-state index is 0.324. The molecule has 1 saturated heterocycles. The number of rotatable bonds is 9. The molecule has 0 bridgehead atoms. The highest BCUT2D eigenvalue weighted by atomic mass is 16.2. The standard InChI is InChI=1S/C16H33N3O/c1-5-18(6-2)10-11-19(13-14(3)4)16(20)12-15-8-7-9-17-15/h14-15,17H,5-13H2,1-4H3. The fraction of sp³-hybridized carbons (Fsp3) is 0.938. The summed E-state index contributed by atoms with van der Waals surface area (Å²) < 4.78 is 0. The van der Waals surface area contributed by atoms with Crippen molar-refractivity contribution in [2.75, 3.05) is 39.3 Å². The highest BCUT2D eigenvalue weighted by Crippen LogP contribution is 2.11. The lowest BCUT2D eigenvalue weighted by Gasteiger charge is -2.28. The molecular formula is C16H33N3O. The second-order valence-corrected chi connectivity index (χ2v) is 6.26. The Morgan fingerprint density at radius 1 is 1.25 bits per heavy atom. The third-order valence-electron chi connectivity index (χ3n) is 4.10. The van der Waals surface area contributed by atoms with Crippen LogP contribution in [-0.2, 0) is 4.79 Å². The van der Waals surface area contributed by atoms with Gasteiger partial charge in [-0.2, -0.15) is 0 Å². The van der Waals surface area contributed by atoms with E-state index in [1.54, 1.807) is 0 Å². The zero-order chi connectivity index (χ0) is 15.0. The summed E-state index contributed by atoms with van der Waals surface area (Å²) in [6.07, 6.45) is 3.03. The number of likely N-dealkylation sites (N-methyl/N-ethyl adjacent to an activating group) is 1. The van der Waals surface area contributed by atoms with Crippen LogP contribution >= 0.6 is 0 Å². The van der Waals surface area contributed by atoms with Gasteiger partial charge >= 0.3 is 0 Å². The Labute approximate surface area is 124 Å². The van der Waals surface area contributed by atoms with E-state index in [0.717, 1.165) is 45.7 Å². The first-order chi connectivity index (χ1) is 9.56. The molecule has 1 fully saturated rings. The SMILES string of the molecule is CCN(CC)CCN(CC(C)C)C(=O)CC1CCCN1. The van der Waals surface area contributed by atoms with Crippen LogP contribution in [0.1, 0.15) is 47.0 Å². The molecule has 0 aromatic rings. The van der Waals surface area contributed by atoms with Crippen LogP contribution in [0.25, 0.3) is 0 Å². The third-order valence-corrected chi connectivity index (χ3v) is 4.10. The van der Waals surface area contributed by atoms with Crippen LogP contribution in [0.5, 0.6) is 0 Å². The van der Waals surface area contributed by atoms with E-state index in [1.165, 1.54) is 6.42 Å². The van der Waals surface area contributed by atoms with Crippen LogP contribution in [0.4, 0.5) is 0 Å². The predicted octanol–water partition coefficient (Wildman–Crippen LogP) is 1.95. The van der Waals surface area contributed by atoms with Crippen LogP contribution in [0, 0.1) is 5.92 Å². The second kappa shape index (κ2) is 9.35. The van der Waals surface area contributed by atoms with Gasteiger partial charge in [0.2, 0.25) is 5.91 Å². The minimum Gasteiger partial charge on any atom is -0.341 e. The fourth-order valence-corrected chi connectivity index (χ4v) is 2.83. The average Bonchev–Trinajstić information content (AvgIpc) is 2.90. The number of carbonyl (C=O) groups excluding carboxylic acids is 1. The lowest BCUT2D eigenvalue weighted by molar-refractivity contribution is -0.132. The molecule has 118 valence electrons. The maximum atomic E-state index is 12.5. The summed E-state index contributed by atoms with van der Waals surface area (Å²) in [5, 5.41) is 3.42. The zero-order valence-electron chi connectivity index (χ0n) is 13.8. The Bertz CT molecular complexity index is 271. The van der Waals surface area contributed by atoms with Crippen molar-refractivity contribution in [3.05, 3.63) is 0 Å². The predicted molar refractivity (Wildman–Crippen MR) is 84.8 cm³/mol. The Morgan fingerprint density at radius 2 is 1.95 bits per heavy atom. The van der Waals surface area contributed by atoms with Crippen molar-refractivity contribution in [1.82, 2.24) is 15.1 Å². The van der Waals surface area contributed by atoms with Crippen LogP contribution in [0.3, 0.4) is 0 Å². The summed E-state index contributed by atoms with van der Waals surface area (Å²) in [4.78, 5) is 16.9. The normalized spacial score (nSPS) is 19.0.